The molecule has 23 heavy (non-hydrogen) atoms. The van der Waals surface area contributed by atoms with E-state index in [0.29, 0.717) is 5.52 Å². The van der Waals surface area contributed by atoms with Crippen molar-refractivity contribution in [1.29, 1.82) is 0 Å². The van der Waals surface area contributed by atoms with Gasteiger partial charge < -0.3 is 4.42 Å². The second-order valence-electron chi connectivity index (χ2n) is 5.03. The minimum absolute atomic E-state index is 0.0461. The molecule has 0 aliphatic rings. The van der Waals surface area contributed by atoms with Crippen molar-refractivity contribution >= 4 is 32.5 Å². The van der Waals surface area contributed by atoms with Crippen LogP contribution in [-0.2, 0) is 22.6 Å². The van der Waals surface area contributed by atoms with E-state index in [9.17, 15) is 17.6 Å². The molecule has 5 nitrogen and oxygen atoms in total. The lowest BCUT2D eigenvalue weighted by molar-refractivity contribution is 0.528. The number of sulfone groups is 1. The van der Waals surface area contributed by atoms with Gasteiger partial charge in [0.05, 0.1) is 21.2 Å². The molecule has 0 bridgehead atoms. The summed E-state index contributed by atoms with van der Waals surface area (Å²) < 4.78 is 45.0. The third kappa shape index (κ3) is 2.77. The molecular formula is C15H11ClFNO4S. The Morgan fingerprint density at radius 1 is 1.26 bits per heavy atom. The monoisotopic (exact) mass is 355 g/mol. The number of hydrogen-bond acceptors (Lipinski definition) is 4. The molecule has 8 heteroatoms. The third-order valence-electron chi connectivity index (χ3n) is 3.48. The van der Waals surface area contributed by atoms with Gasteiger partial charge in [-0.25, -0.2) is 17.6 Å². The molecule has 3 aromatic rings. The van der Waals surface area contributed by atoms with Gasteiger partial charge in [0, 0.05) is 18.7 Å². The highest BCUT2D eigenvalue weighted by Crippen LogP contribution is 2.29. The molecule has 0 fully saturated rings. The summed E-state index contributed by atoms with van der Waals surface area (Å²) in [6.45, 7) is 0. The second kappa shape index (κ2) is 5.50. The molecule has 0 aliphatic carbocycles. The number of rotatable bonds is 3. The van der Waals surface area contributed by atoms with E-state index in [2.05, 4.69) is 0 Å². The van der Waals surface area contributed by atoms with Crippen LogP contribution in [0.3, 0.4) is 0 Å². The number of halogens is 2. The molecule has 1 heterocycles. The van der Waals surface area contributed by atoms with Crippen molar-refractivity contribution in [3.63, 3.8) is 0 Å². The lowest BCUT2D eigenvalue weighted by atomic mass is 10.2. The van der Waals surface area contributed by atoms with E-state index in [1.807, 2.05) is 0 Å². The van der Waals surface area contributed by atoms with Crippen LogP contribution in [0.25, 0.3) is 11.1 Å². The fraction of sp³-hybridized carbons (Fsp3) is 0.133. The molecule has 0 unspecified atom stereocenters. The molecule has 0 radical (unpaired) electrons. The molecule has 120 valence electrons. The van der Waals surface area contributed by atoms with Gasteiger partial charge >= 0.3 is 5.76 Å². The Kier molecular flexibility index (Phi) is 3.77. The van der Waals surface area contributed by atoms with Gasteiger partial charge in [-0.15, -0.1) is 0 Å². The second-order valence-corrected chi connectivity index (χ2v) is 7.39. The minimum Gasteiger partial charge on any atom is -0.408 e. The van der Waals surface area contributed by atoms with Crippen molar-refractivity contribution in [1.82, 2.24) is 4.57 Å². The molecule has 0 saturated carbocycles. The van der Waals surface area contributed by atoms with Gasteiger partial charge in [-0.1, -0.05) is 29.8 Å². The lowest BCUT2D eigenvalue weighted by Crippen LogP contribution is -2.10. The number of oxazole rings is 1. The zero-order valence-electron chi connectivity index (χ0n) is 11.9. The van der Waals surface area contributed by atoms with E-state index in [1.165, 1.54) is 41.9 Å². The summed E-state index contributed by atoms with van der Waals surface area (Å²) in [4.78, 5) is 11.3. The SMILES string of the molecule is Cn1c(=O)oc2cc(Cl)c(S(=O)(=O)Cc3ccccc3F)cc21. The first-order valence-electron chi connectivity index (χ1n) is 6.55. The Morgan fingerprint density at radius 3 is 2.65 bits per heavy atom. The van der Waals surface area contributed by atoms with Crippen LogP contribution >= 0.6 is 11.6 Å². The number of nitrogens with zero attached hydrogens (tertiary/aromatic N) is 1. The predicted molar refractivity (Wildman–Crippen MR) is 83.8 cm³/mol. The van der Waals surface area contributed by atoms with Crippen LogP contribution in [-0.4, -0.2) is 13.0 Å². The zero-order chi connectivity index (χ0) is 16.8. The average molecular weight is 356 g/mol. The molecule has 0 atom stereocenters. The summed E-state index contributed by atoms with van der Waals surface area (Å²) in [5, 5.41) is -0.0804. The van der Waals surface area contributed by atoms with Crippen LogP contribution in [0.2, 0.25) is 5.02 Å². The van der Waals surface area contributed by atoms with Crippen molar-refractivity contribution in [2.75, 3.05) is 0 Å². The van der Waals surface area contributed by atoms with E-state index in [-0.39, 0.29) is 21.1 Å². The average Bonchev–Trinajstić information content (AvgIpc) is 2.75. The summed E-state index contributed by atoms with van der Waals surface area (Å²) in [7, 11) is -2.44. The highest BCUT2D eigenvalue weighted by atomic mass is 35.5. The Labute approximate surface area is 135 Å². The van der Waals surface area contributed by atoms with Crippen molar-refractivity contribution < 1.29 is 17.2 Å². The summed E-state index contributed by atoms with van der Waals surface area (Å²) in [5.74, 6) is -1.76. The predicted octanol–water partition coefficient (Wildman–Crippen LogP) is 2.90. The Morgan fingerprint density at radius 2 is 1.96 bits per heavy atom. The fourth-order valence-electron chi connectivity index (χ4n) is 2.27. The van der Waals surface area contributed by atoms with Gasteiger partial charge in [0.2, 0.25) is 0 Å². The fourth-order valence-corrected chi connectivity index (χ4v) is 4.22. The molecule has 0 N–H and O–H groups in total. The third-order valence-corrected chi connectivity index (χ3v) is 5.61. The standard InChI is InChI=1S/C15H11ClFNO4S/c1-18-12-7-14(10(16)6-13(12)22-15(18)19)23(20,21)8-9-4-2-3-5-11(9)17/h2-7H,8H2,1H3. The van der Waals surface area contributed by atoms with Crippen LogP contribution < -0.4 is 5.76 Å². The zero-order valence-corrected chi connectivity index (χ0v) is 13.5. The van der Waals surface area contributed by atoms with Crippen LogP contribution in [0.15, 0.2) is 50.5 Å². The smallest absolute Gasteiger partial charge is 0.408 e. The summed E-state index contributed by atoms with van der Waals surface area (Å²) in [5.41, 5.74) is 0.531. The Balaban J connectivity index is 2.15. The van der Waals surface area contributed by atoms with Crippen LogP contribution in [0.5, 0.6) is 0 Å². The molecule has 1 aromatic heterocycles. The van der Waals surface area contributed by atoms with E-state index in [0.717, 1.165) is 0 Å². The first-order chi connectivity index (χ1) is 10.8. The largest absolute Gasteiger partial charge is 0.419 e. The van der Waals surface area contributed by atoms with Crippen LogP contribution in [0.1, 0.15) is 5.56 Å². The quantitative estimate of drug-likeness (QED) is 0.724. The summed E-state index contributed by atoms with van der Waals surface area (Å²) in [6, 6.07) is 8.15. The number of hydrogen-bond donors (Lipinski definition) is 0. The van der Waals surface area contributed by atoms with Crippen molar-refractivity contribution in [2.45, 2.75) is 10.6 Å². The van der Waals surface area contributed by atoms with Gasteiger partial charge in [0.15, 0.2) is 15.4 Å². The summed E-state index contributed by atoms with van der Waals surface area (Å²) in [6.07, 6.45) is 0. The Hall–Kier alpha value is -2.12. The molecule has 0 saturated heterocycles. The normalized spacial score (nSPS) is 12.0. The molecule has 0 aliphatic heterocycles. The number of aromatic nitrogens is 1. The van der Waals surface area contributed by atoms with E-state index in [1.54, 1.807) is 6.07 Å². The maximum Gasteiger partial charge on any atom is 0.419 e. The first kappa shape index (κ1) is 15.8. The van der Waals surface area contributed by atoms with Gasteiger partial charge in [0.25, 0.3) is 0 Å². The number of fused-ring (bicyclic) bond motifs is 1. The molecule has 0 spiro atoms. The highest BCUT2D eigenvalue weighted by Gasteiger charge is 2.23. The lowest BCUT2D eigenvalue weighted by Gasteiger charge is -2.08. The first-order valence-corrected chi connectivity index (χ1v) is 8.58. The van der Waals surface area contributed by atoms with Gasteiger partial charge in [0.1, 0.15) is 5.82 Å². The Bertz CT molecular complexity index is 1070. The maximum atomic E-state index is 13.7. The highest BCUT2D eigenvalue weighted by molar-refractivity contribution is 7.90. The molecule has 2 aromatic carbocycles. The summed E-state index contributed by atoms with van der Waals surface area (Å²) >= 11 is 6.01. The molecular weight excluding hydrogens is 345 g/mol. The van der Waals surface area contributed by atoms with E-state index < -0.39 is 27.2 Å². The minimum atomic E-state index is -3.89. The maximum absolute atomic E-state index is 13.7. The topological polar surface area (TPSA) is 69.3 Å². The van der Waals surface area contributed by atoms with Crippen molar-refractivity contribution in [2.24, 2.45) is 7.05 Å². The van der Waals surface area contributed by atoms with Crippen molar-refractivity contribution in [3.8, 4) is 0 Å². The molecule has 3 rings (SSSR count). The van der Waals surface area contributed by atoms with E-state index in [4.69, 9.17) is 16.0 Å². The van der Waals surface area contributed by atoms with Gasteiger partial charge in [-0.2, -0.15) is 0 Å². The van der Waals surface area contributed by atoms with E-state index >= 15 is 0 Å². The molecule has 0 amide bonds. The van der Waals surface area contributed by atoms with Gasteiger partial charge in [-0.3, -0.25) is 4.57 Å². The van der Waals surface area contributed by atoms with Crippen LogP contribution in [0.4, 0.5) is 4.39 Å². The number of aryl methyl sites for hydroxylation is 1. The number of benzene rings is 2. The van der Waals surface area contributed by atoms with Crippen LogP contribution in [0, 0.1) is 5.82 Å². The van der Waals surface area contributed by atoms with Crippen molar-refractivity contribution in [3.05, 3.63) is 63.4 Å². The van der Waals surface area contributed by atoms with Gasteiger partial charge in [-0.05, 0) is 12.1 Å².